The number of fused-ring (bicyclic) bond motifs is 1. The van der Waals surface area contributed by atoms with Gasteiger partial charge in [0.15, 0.2) is 0 Å². The zero-order chi connectivity index (χ0) is 18.4. The van der Waals surface area contributed by atoms with E-state index < -0.39 is 0 Å². The lowest BCUT2D eigenvalue weighted by molar-refractivity contribution is 0.262. The second kappa shape index (κ2) is 6.09. The lowest BCUT2D eigenvalue weighted by Gasteiger charge is -2.31. The van der Waals surface area contributed by atoms with Crippen LogP contribution in [0, 0.1) is 0 Å². The molecule has 2 aromatic carbocycles. The van der Waals surface area contributed by atoms with Gasteiger partial charge in [0.1, 0.15) is 11.5 Å². The molecule has 0 saturated heterocycles. The quantitative estimate of drug-likeness (QED) is 0.722. The van der Waals surface area contributed by atoms with E-state index in [0.717, 1.165) is 23.3 Å². The van der Waals surface area contributed by atoms with Gasteiger partial charge in [0.2, 0.25) is 0 Å². The molecule has 3 rings (SSSR count). The van der Waals surface area contributed by atoms with Crippen molar-refractivity contribution in [1.29, 1.82) is 0 Å². The van der Waals surface area contributed by atoms with Gasteiger partial charge in [0.05, 0.1) is 6.61 Å². The van der Waals surface area contributed by atoms with Gasteiger partial charge in [-0.05, 0) is 45.6 Å². The Labute approximate surface area is 151 Å². The number of ether oxygens (including phenoxy) is 1. The Kier molecular flexibility index (Phi) is 4.35. The fraction of sp³-hybridized carbons (Fsp3) is 0.478. The van der Waals surface area contributed by atoms with Crippen LogP contribution in [-0.2, 0) is 17.3 Å². The third-order valence-corrected chi connectivity index (χ3v) is 5.10. The van der Waals surface area contributed by atoms with E-state index in [1.165, 1.54) is 11.1 Å². The minimum Gasteiger partial charge on any atom is -0.507 e. The summed E-state index contributed by atoms with van der Waals surface area (Å²) in [5, 5.41) is 10.9. The Morgan fingerprint density at radius 1 is 0.920 bits per heavy atom. The minimum absolute atomic E-state index is 0.104. The normalized spacial score (nSPS) is 17.8. The third-order valence-electron chi connectivity index (χ3n) is 5.10. The van der Waals surface area contributed by atoms with E-state index >= 15 is 0 Å². The fourth-order valence-electron chi connectivity index (χ4n) is 3.58. The summed E-state index contributed by atoms with van der Waals surface area (Å²) in [6.07, 6.45) is 0.980. The van der Waals surface area contributed by atoms with Gasteiger partial charge in [-0.1, -0.05) is 71.9 Å². The molecule has 0 aromatic heterocycles. The van der Waals surface area contributed by atoms with Gasteiger partial charge >= 0.3 is 0 Å². The molecule has 1 unspecified atom stereocenters. The van der Waals surface area contributed by atoms with Gasteiger partial charge in [0.25, 0.3) is 0 Å². The van der Waals surface area contributed by atoms with Gasteiger partial charge < -0.3 is 9.84 Å². The van der Waals surface area contributed by atoms with Crippen molar-refractivity contribution in [3.8, 4) is 11.5 Å². The van der Waals surface area contributed by atoms with Crippen LogP contribution in [0.4, 0.5) is 0 Å². The lowest BCUT2D eigenvalue weighted by atomic mass is 9.76. The van der Waals surface area contributed by atoms with Crippen LogP contribution in [0.25, 0.3) is 0 Å². The first kappa shape index (κ1) is 17.8. The van der Waals surface area contributed by atoms with Gasteiger partial charge in [-0.3, -0.25) is 0 Å². The van der Waals surface area contributed by atoms with Crippen molar-refractivity contribution in [1.82, 2.24) is 0 Å². The van der Waals surface area contributed by atoms with Gasteiger partial charge in [-0.15, -0.1) is 0 Å². The molecule has 2 nitrogen and oxygen atoms in total. The molecule has 25 heavy (non-hydrogen) atoms. The standard InChI is InChI=1S/C23H30O2/c1-22(2,3)18-12-16(13-19(21(18)24)23(4,5)6)17-11-15-9-7-8-10-20(15)25-14-17/h7-10,12-13,17,24H,11,14H2,1-6H3. The second-order valence-corrected chi connectivity index (χ2v) is 9.28. The number of benzene rings is 2. The molecule has 0 aliphatic carbocycles. The number of hydrogen-bond acceptors (Lipinski definition) is 2. The molecule has 0 amide bonds. The minimum atomic E-state index is -0.104. The van der Waals surface area contributed by atoms with Crippen LogP contribution in [0.5, 0.6) is 11.5 Å². The Morgan fingerprint density at radius 2 is 1.48 bits per heavy atom. The van der Waals surface area contributed by atoms with E-state index in [9.17, 15) is 5.11 Å². The molecular formula is C23H30O2. The van der Waals surface area contributed by atoms with Crippen molar-refractivity contribution >= 4 is 0 Å². The summed E-state index contributed by atoms with van der Waals surface area (Å²) >= 11 is 0. The van der Waals surface area contributed by atoms with Crippen LogP contribution in [-0.4, -0.2) is 11.7 Å². The molecule has 134 valence electrons. The topological polar surface area (TPSA) is 29.5 Å². The molecule has 1 aliphatic rings. The molecule has 1 atom stereocenters. The summed E-state index contributed by atoms with van der Waals surface area (Å²) in [7, 11) is 0. The Bertz CT molecular complexity index is 740. The maximum Gasteiger partial charge on any atom is 0.123 e. The number of phenols is 1. The zero-order valence-electron chi connectivity index (χ0n) is 16.3. The predicted molar refractivity (Wildman–Crippen MR) is 104 cm³/mol. The van der Waals surface area contributed by atoms with E-state index in [1.54, 1.807) is 0 Å². The molecule has 1 N–H and O–H groups in total. The molecule has 0 spiro atoms. The van der Waals surface area contributed by atoms with Crippen molar-refractivity contribution in [3.05, 3.63) is 58.7 Å². The summed E-state index contributed by atoms with van der Waals surface area (Å²) in [6, 6.07) is 12.7. The summed E-state index contributed by atoms with van der Waals surface area (Å²) in [5.74, 6) is 1.77. The summed E-state index contributed by atoms with van der Waals surface area (Å²) in [5.41, 5.74) is 4.37. The number of aromatic hydroxyl groups is 1. The van der Waals surface area contributed by atoms with E-state index in [-0.39, 0.29) is 10.8 Å². The van der Waals surface area contributed by atoms with Crippen LogP contribution >= 0.6 is 0 Å². The number of phenolic OH excluding ortho intramolecular Hbond substituents is 1. The molecule has 0 saturated carbocycles. The van der Waals surface area contributed by atoms with Crippen molar-refractivity contribution in [2.45, 2.75) is 64.7 Å². The molecule has 1 heterocycles. The van der Waals surface area contributed by atoms with Crippen LogP contribution in [0.15, 0.2) is 36.4 Å². The third kappa shape index (κ3) is 3.53. The van der Waals surface area contributed by atoms with Crippen molar-refractivity contribution in [2.75, 3.05) is 6.61 Å². The van der Waals surface area contributed by atoms with Crippen LogP contribution in [0.3, 0.4) is 0 Å². The Balaban J connectivity index is 2.08. The highest BCUT2D eigenvalue weighted by atomic mass is 16.5. The number of rotatable bonds is 1. The number of para-hydroxylation sites is 1. The van der Waals surface area contributed by atoms with Crippen LogP contribution < -0.4 is 4.74 Å². The first-order valence-electron chi connectivity index (χ1n) is 9.16. The van der Waals surface area contributed by atoms with Crippen molar-refractivity contribution in [3.63, 3.8) is 0 Å². The van der Waals surface area contributed by atoms with Crippen LogP contribution in [0.2, 0.25) is 0 Å². The monoisotopic (exact) mass is 338 g/mol. The summed E-state index contributed by atoms with van der Waals surface area (Å²) in [6.45, 7) is 13.6. The van der Waals surface area contributed by atoms with E-state index in [4.69, 9.17) is 4.74 Å². The molecule has 2 heteroatoms. The average Bonchev–Trinajstić information content (AvgIpc) is 2.52. The van der Waals surface area contributed by atoms with Crippen molar-refractivity contribution < 1.29 is 9.84 Å². The molecule has 0 radical (unpaired) electrons. The first-order valence-corrected chi connectivity index (χ1v) is 9.16. The highest BCUT2D eigenvalue weighted by Gasteiger charge is 2.29. The predicted octanol–water partition coefficient (Wildman–Crippen LogP) is 5.71. The number of hydrogen-bond donors (Lipinski definition) is 1. The molecule has 0 bridgehead atoms. The van der Waals surface area contributed by atoms with Gasteiger partial charge in [-0.25, -0.2) is 0 Å². The Morgan fingerprint density at radius 3 is 2.04 bits per heavy atom. The van der Waals surface area contributed by atoms with E-state index in [0.29, 0.717) is 18.3 Å². The molecule has 0 fully saturated rings. The average molecular weight is 338 g/mol. The highest BCUT2D eigenvalue weighted by molar-refractivity contribution is 5.51. The lowest BCUT2D eigenvalue weighted by Crippen LogP contribution is -2.22. The van der Waals surface area contributed by atoms with E-state index in [2.05, 4.69) is 65.8 Å². The SMILES string of the molecule is CC(C)(C)c1cc(C2COc3ccccc3C2)cc(C(C)(C)C)c1O. The first-order chi connectivity index (χ1) is 11.6. The zero-order valence-corrected chi connectivity index (χ0v) is 16.3. The molecule has 1 aliphatic heterocycles. The fourth-order valence-corrected chi connectivity index (χ4v) is 3.58. The van der Waals surface area contributed by atoms with Gasteiger partial charge in [-0.2, -0.15) is 0 Å². The van der Waals surface area contributed by atoms with Crippen molar-refractivity contribution in [2.24, 2.45) is 0 Å². The Hall–Kier alpha value is -1.96. The highest BCUT2D eigenvalue weighted by Crippen LogP contribution is 2.42. The largest absolute Gasteiger partial charge is 0.507 e. The molecule has 2 aromatic rings. The van der Waals surface area contributed by atoms with Crippen LogP contribution in [0.1, 0.15) is 69.7 Å². The maximum atomic E-state index is 10.9. The smallest absolute Gasteiger partial charge is 0.123 e. The summed E-state index contributed by atoms with van der Waals surface area (Å²) in [4.78, 5) is 0. The van der Waals surface area contributed by atoms with E-state index in [1.807, 2.05) is 12.1 Å². The summed E-state index contributed by atoms with van der Waals surface area (Å²) < 4.78 is 6.01. The molecular weight excluding hydrogens is 308 g/mol. The van der Waals surface area contributed by atoms with Gasteiger partial charge in [0, 0.05) is 5.92 Å². The maximum absolute atomic E-state index is 10.9. The second-order valence-electron chi connectivity index (χ2n) is 9.28.